The molecule has 1 fully saturated rings. The monoisotopic (exact) mass is 265 g/mol. The van der Waals surface area contributed by atoms with Crippen LogP contribution in [0, 0.1) is 0 Å². The molecule has 1 saturated heterocycles. The minimum absolute atomic E-state index is 0.0531. The van der Waals surface area contributed by atoms with E-state index in [1.54, 1.807) is 4.90 Å². The number of carbonyl (C=O) groups is 2. The minimum Gasteiger partial charge on any atom is -0.481 e. The molecule has 2 heterocycles. The van der Waals surface area contributed by atoms with Crippen LogP contribution in [0.1, 0.15) is 36.0 Å². The van der Waals surface area contributed by atoms with Gasteiger partial charge in [-0.05, 0) is 25.3 Å². The van der Waals surface area contributed by atoms with Crippen LogP contribution < -0.4 is 5.63 Å². The number of amides is 1. The van der Waals surface area contributed by atoms with Crippen molar-refractivity contribution < 1.29 is 19.1 Å². The van der Waals surface area contributed by atoms with E-state index in [2.05, 4.69) is 4.42 Å². The summed E-state index contributed by atoms with van der Waals surface area (Å²) in [6, 6.07) is 2.30. The molecule has 6 heteroatoms. The lowest BCUT2D eigenvalue weighted by molar-refractivity contribution is -0.138. The Bertz CT molecular complexity index is 516. The van der Waals surface area contributed by atoms with Crippen LogP contribution in [0.4, 0.5) is 0 Å². The maximum atomic E-state index is 12.3. The van der Waals surface area contributed by atoms with Gasteiger partial charge in [-0.15, -0.1) is 0 Å². The van der Waals surface area contributed by atoms with Crippen molar-refractivity contribution in [3.63, 3.8) is 0 Å². The van der Waals surface area contributed by atoms with Crippen molar-refractivity contribution in [1.82, 2.24) is 4.90 Å². The van der Waals surface area contributed by atoms with E-state index >= 15 is 0 Å². The first-order valence-corrected chi connectivity index (χ1v) is 6.19. The molecule has 0 aliphatic carbocycles. The number of likely N-dealkylation sites (tertiary alicyclic amines) is 1. The van der Waals surface area contributed by atoms with Gasteiger partial charge in [0.25, 0.3) is 5.91 Å². The third-order valence-electron chi connectivity index (χ3n) is 3.25. The molecule has 1 aliphatic rings. The Morgan fingerprint density at radius 1 is 1.37 bits per heavy atom. The molecule has 6 nitrogen and oxygen atoms in total. The lowest BCUT2D eigenvalue weighted by Gasteiger charge is -2.34. The Morgan fingerprint density at radius 3 is 2.79 bits per heavy atom. The molecule has 0 saturated carbocycles. The van der Waals surface area contributed by atoms with Crippen LogP contribution in [0.2, 0.25) is 0 Å². The standard InChI is InChI=1S/C13H15NO5/c15-11(16)7-10-3-1-2-6-14(10)13(18)9-4-5-12(17)19-8-9/h4-5,8,10H,1-3,6-7H2,(H,15,16). The van der Waals surface area contributed by atoms with Crippen molar-refractivity contribution >= 4 is 11.9 Å². The molecule has 0 aromatic carbocycles. The number of carboxylic acids is 1. The molecule has 19 heavy (non-hydrogen) atoms. The van der Waals surface area contributed by atoms with Crippen LogP contribution in [0.3, 0.4) is 0 Å². The summed E-state index contributed by atoms with van der Waals surface area (Å²) in [5, 5.41) is 8.87. The maximum Gasteiger partial charge on any atom is 0.335 e. The molecule has 102 valence electrons. The smallest absolute Gasteiger partial charge is 0.335 e. The molecule has 0 radical (unpaired) electrons. The van der Waals surface area contributed by atoms with Crippen molar-refractivity contribution in [3.05, 3.63) is 34.4 Å². The molecule has 0 spiro atoms. The molecular formula is C13H15NO5. The number of hydrogen-bond donors (Lipinski definition) is 1. The van der Waals surface area contributed by atoms with Gasteiger partial charge in [0.15, 0.2) is 0 Å². The second-order valence-electron chi connectivity index (χ2n) is 4.59. The summed E-state index contributed by atoms with van der Waals surface area (Å²) >= 11 is 0. The first-order valence-electron chi connectivity index (χ1n) is 6.19. The molecule has 1 aromatic heterocycles. The van der Waals surface area contributed by atoms with Crippen LogP contribution in [-0.2, 0) is 4.79 Å². The number of carboxylic acid groups (broad SMARTS) is 1. The summed E-state index contributed by atoms with van der Waals surface area (Å²) in [6.07, 6.45) is 3.54. The molecule has 0 bridgehead atoms. The molecule has 2 rings (SSSR count). The number of hydrogen-bond acceptors (Lipinski definition) is 4. The van der Waals surface area contributed by atoms with Gasteiger partial charge in [-0.1, -0.05) is 0 Å². The largest absolute Gasteiger partial charge is 0.481 e. The molecule has 1 N–H and O–H groups in total. The first-order chi connectivity index (χ1) is 9.08. The average molecular weight is 265 g/mol. The van der Waals surface area contributed by atoms with Crippen LogP contribution >= 0.6 is 0 Å². The van der Waals surface area contributed by atoms with E-state index in [4.69, 9.17) is 5.11 Å². The fourth-order valence-corrected chi connectivity index (χ4v) is 2.33. The van der Waals surface area contributed by atoms with E-state index in [0.717, 1.165) is 19.1 Å². The molecule has 1 amide bonds. The highest BCUT2D eigenvalue weighted by Gasteiger charge is 2.29. The van der Waals surface area contributed by atoms with E-state index in [1.807, 2.05) is 0 Å². The second-order valence-corrected chi connectivity index (χ2v) is 4.59. The van der Waals surface area contributed by atoms with Crippen molar-refractivity contribution in [1.29, 1.82) is 0 Å². The van der Waals surface area contributed by atoms with Crippen LogP contribution in [0.15, 0.2) is 27.6 Å². The van der Waals surface area contributed by atoms with Crippen LogP contribution in [0.5, 0.6) is 0 Å². The van der Waals surface area contributed by atoms with E-state index in [0.29, 0.717) is 13.0 Å². The zero-order valence-electron chi connectivity index (χ0n) is 10.4. The summed E-state index contributed by atoms with van der Waals surface area (Å²) in [4.78, 5) is 35.5. The fourth-order valence-electron chi connectivity index (χ4n) is 2.33. The fraction of sp³-hybridized carbons (Fsp3) is 0.462. The van der Waals surface area contributed by atoms with Gasteiger partial charge in [0.2, 0.25) is 0 Å². The molecular weight excluding hydrogens is 250 g/mol. The number of aliphatic carboxylic acids is 1. The van der Waals surface area contributed by atoms with Crippen molar-refractivity contribution in [3.8, 4) is 0 Å². The Labute approximate surface area is 109 Å². The highest BCUT2D eigenvalue weighted by molar-refractivity contribution is 5.94. The van der Waals surface area contributed by atoms with Gasteiger partial charge in [0.1, 0.15) is 6.26 Å². The predicted molar refractivity (Wildman–Crippen MR) is 65.9 cm³/mol. The van der Waals surface area contributed by atoms with E-state index < -0.39 is 11.6 Å². The molecule has 1 unspecified atom stereocenters. The maximum absolute atomic E-state index is 12.3. The van der Waals surface area contributed by atoms with Crippen molar-refractivity contribution in [2.24, 2.45) is 0 Å². The molecule has 1 aliphatic heterocycles. The van der Waals surface area contributed by atoms with E-state index in [9.17, 15) is 14.4 Å². The van der Waals surface area contributed by atoms with Crippen LogP contribution in [-0.4, -0.2) is 34.5 Å². The van der Waals surface area contributed by atoms with Crippen molar-refractivity contribution in [2.75, 3.05) is 6.54 Å². The Hall–Kier alpha value is -2.11. The Balaban J connectivity index is 2.17. The SMILES string of the molecule is O=C(O)CC1CCCCN1C(=O)c1ccc(=O)oc1. The van der Waals surface area contributed by atoms with Gasteiger partial charge in [-0.3, -0.25) is 9.59 Å². The van der Waals surface area contributed by atoms with Gasteiger partial charge < -0.3 is 14.4 Å². The second kappa shape index (κ2) is 5.69. The number of nitrogens with zero attached hydrogens (tertiary/aromatic N) is 1. The summed E-state index contributed by atoms with van der Waals surface area (Å²) in [5.41, 5.74) is -0.242. The summed E-state index contributed by atoms with van der Waals surface area (Å²) in [7, 11) is 0. The normalized spacial score (nSPS) is 19.2. The Morgan fingerprint density at radius 2 is 2.16 bits per heavy atom. The highest BCUT2D eigenvalue weighted by atomic mass is 16.4. The highest BCUT2D eigenvalue weighted by Crippen LogP contribution is 2.21. The summed E-state index contributed by atoms with van der Waals surface area (Å²) in [6.45, 7) is 0.538. The molecule has 1 atom stereocenters. The summed E-state index contributed by atoms with van der Waals surface area (Å²) in [5.74, 6) is -1.20. The number of carbonyl (C=O) groups excluding carboxylic acids is 1. The minimum atomic E-state index is -0.913. The third kappa shape index (κ3) is 3.21. The average Bonchev–Trinajstić information content (AvgIpc) is 2.39. The van der Waals surface area contributed by atoms with E-state index in [-0.39, 0.29) is 23.9 Å². The first kappa shape index (κ1) is 13.3. The van der Waals surface area contributed by atoms with Gasteiger partial charge in [0, 0.05) is 18.7 Å². The lowest BCUT2D eigenvalue weighted by Crippen LogP contribution is -2.44. The number of rotatable bonds is 3. The Kier molecular flexibility index (Phi) is 3.99. The van der Waals surface area contributed by atoms with Gasteiger partial charge in [0.05, 0.1) is 12.0 Å². The third-order valence-corrected chi connectivity index (χ3v) is 3.25. The lowest BCUT2D eigenvalue weighted by atomic mass is 9.98. The zero-order chi connectivity index (χ0) is 13.8. The predicted octanol–water partition coefficient (Wildman–Crippen LogP) is 1.11. The van der Waals surface area contributed by atoms with Gasteiger partial charge in [-0.25, -0.2) is 4.79 Å². The van der Waals surface area contributed by atoms with Gasteiger partial charge in [-0.2, -0.15) is 0 Å². The van der Waals surface area contributed by atoms with Crippen LogP contribution in [0.25, 0.3) is 0 Å². The topological polar surface area (TPSA) is 87.8 Å². The van der Waals surface area contributed by atoms with Gasteiger partial charge >= 0.3 is 11.6 Å². The molecule has 1 aromatic rings. The quantitative estimate of drug-likeness (QED) is 0.884. The number of piperidine rings is 1. The zero-order valence-corrected chi connectivity index (χ0v) is 10.4. The van der Waals surface area contributed by atoms with E-state index in [1.165, 1.54) is 12.1 Å². The summed E-state index contributed by atoms with van der Waals surface area (Å²) < 4.78 is 4.67. The van der Waals surface area contributed by atoms with Crippen molar-refractivity contribution in [2.45, 2.75) is 31.7 Å².